The molecule has 2 aromatic carbocycles. The first-order chi connectivity index (χ1) is 14.7. The molecule has 31 heavy (non-hydrogen) atoms. The lowest BCUT2D eigenvalue weighted by molar-refractivity contribution is -0.385. The van der Waals surface area contributed by atoms with Gasteiger partial charge in [0.2, 0.25) is 0 Å². The van der Waals surface area contributed by atoms with Crippen molar-refractivity contribution in [2.75, 3.05) is 36.8 Å². The Morgan fingerprint density at radius 2 is 1.77 bits per heavy atom. The van der Waals surface area contributed by atoms with E-state index < -0.39 is 22.4 Å². The van der Waals surface area contributed by atoms with Crippen LogP contribution in [-0.2, 0) is 12.7 Å². The van der Waals surface area contributed by atoms with E-state index in [0.717, 1.165) is 17.0 Å². The summed E-state index contributed by atoms with van der Waals surface area (Å²) in [6, 6.07) is 10.3. The van der Waals surface area contributed by atoms with Crippen LogP contribution in [0, 0.1) is 10.1 Å². The predicted octanol–water partition coefficient (Wildman–Crippen LogP) is 3.46. The van der Waals surface area contributed by atoms with E-state index in [9.17, 15) is 23.3 Å². The number of fused-ring (bicyclic) bond motifs is 1. The SMILES string of the molecule is Nc1nc(CN2CCN(c3ccc([N+](=O)[O-])cc3C(F)(F)F)CC2)nc2ccccc12. The number of hydrogen-bond donors (Lipinski definition) is 1. The number of nitro benzene ring substituents is 1. The standard InChI is InChI=1S/C20H19F3N6O2/c21-20(22,23)15-11-13(29(30)31)5-6-17(15)28-9-7-27(8-10-28)12-18-25-16-4-2-1-3-14(16)19(24)26-18/h1-6,11H,7-10,12H2,(H2,24,25,26). The summed E-state index contributed by atoms with van der Waals surface area (Å²) >= 11 is 0. The zero-order valence-electron chi connectivity index (χ0n) is 16.3. The molecule has 1 aromatic heterocycles. The summed E-state index contributed by atoms with van der Waals surface area (Å²) < 4.78 is 40.5. The van der Waals surface area contributed by atoms with Gasteiger partial charge < -0.3 is 10.6 Å². The van der Waals surface area contributed by atoms with Crippen molar-refractivity contribution >= 4 is 28.1 Å². The zero-order chi connectivity index (χ0) is 22.2. The maximum atomic E-state index is 13.5. The van der Waals surface area contributed by atoms with Crippen LogP contribution in [0.4, 0.5) is 30.4 Å². The number of halogens is 3. The summed E-state index contributed by atoms with van der Waals surface area (Å²) in [5.74, 6) is 0.941. The Bertz CT molecular complexity index is 1130. The number of nitrogen functional groups attached to an aromatic ring is 1. The Morgan fingerprint density at radius 1 is 1.06 bits per heavy atom. The largest absolute Gasteiger partial charge is 0.418 e. The van der Waals surface area contributed by atoms with Crippen molar-refractivity contribution in [2.45, 2.75) is 12.7 Å². The molecule has 4 rings (SSSR count). The second-order valence-corrected chi connectivity index (χ2v) is 7.26. The molecule has 2 heterocycles. The van der Waals surface area contributed by atoms with Gasteiger partial charge in [-0.1, -0.05) is 12.1 Å². The first-order valence-electron chi connectivity index (χ1n) is 9.56. The third-order valence-corrected chi connectivity index (χ3v) is 5.25. The molecule has 0 aliphatic carbocycles. The number of nitro groups is 1. The van der Waals surface area contributed by atoms with E-state index in [0.29, 0.717) is 50.4 Å². The van der Waals surface area contributed by atoms with Gasteiger partial charge in [0.25, 0.3) is 5.69 Å². The van der Waals surface area contributed by atoms with Crippen LogP contribution in [0.1, 0.15) is 11.4 Å². The molecule has 0 amide bonds. The minimum absolute atomic E-state index is 0.0519. The third kappa shape index (κ3) is 4.36. The number of piperazine rings is 1. The number of non-ortho nitro benzene ring substituents is 1. The van der Waals surface area contributed by atoms with Crippen LogP contribution in [0.15, 0.2) is 42.5 Å². The lowest BCUT2D eigenvalue weighted by atomic mass is 10.1. The average Bonchev–Trinajstić information content (AvgIpc) is 2.73. The molecule has 1 fully saturated rings. The van der Waals surface area contributed by atoms with Gasteiger partial charge in [-0.3, -0.25) is 15.0 Å². The van der Waals surface area contributed by atoms with Crippen LogP contribution in [0.3, 0.4) is 0 Å². The summed E-state index contributed by atoms with van der Waals surface area (Å²) in [4.78, 5) is 22.6. The Labute approximate surface area is 175 Å². The summed E-state index contributed by atoms with van der Waals surface area (Å²) in [6.07, 6.45) is -4.69. The van der Waals surface area contributed by atoms with E-state index in [1.807, 2.05) is 29.2 Å². The minimum Gasteiger partial charge on any atom is -0.383 e. The number of aromatic nitrogens is 2. The lowest BCUT2D eigenvalue weighted by Crippen LogP contribution is -2.46. The third-order valence-electron chi connectivity index (χ3n) is 5.25. The van der Waals surface area contributed by atoms with Crippen molar-refractivity contribution in [1.29, 1.82) is 0 Å². The monoisotopic (exact) mass is 432 g/mol. The lowest BCUT2D eigenvalue weighted by Gasteiger charge is -2.36. The summed E-state index contributed by atoms with van der Waals surface area (Å²) in [7, 11) is 0. The minimum atomic E-state index is -4.69. The number of nitrogens with zero attached hydrogens (tertiary/aromatic N) is 5. The molecule has 11 heteroatoms. The highest BCUT2D eigenvalue weighted by atomic mass is 19.4. The number of nitrogens with two attached hydrogens (primary N) is 1. The topological polar surface area (TPSA) is 101 Å². The van der Waals surface area contributed by atoms with E-state index in [2.05, 4.69) is 9.97 Å². The predicted molar refractivity (Wildman–Crippen MR) is 110 cm³/mol. The van der Waals surface area contributed by atoms with Crippen molar-refractivity contribution in [1.82, 2.24) is 14.9 Å². The van der Waals surface area contributed by atoms with Gasteiger partial charge in [0.05, 0.1) is 22.5 Å². The van der Waals surface area contributed by atoms with E-state index in [1.54, 1.807) is 4.90 Å². The number of benzene rings is 2. The van der Waals surface area contributed by atoms with Gasteiger partial charge in [0, 0.05) is 49.4 Å². The van der Waals surface area contributed by atoms with Gasteiger partial charge in [-0.2, -0.15) is 13.2 Å². The number of rotatable bonds is 4. The van der Waals surface area contributed by atoms with E-state index in [-0.39, 0.29) is 5.69 Å². The molecule has 2 N–H and O–H groups in total. The first-order valence-corrected chi connectivity index (χ1v) is 9.56. The Balaban J connectivity index is 1.49. The average molecular weight is 432 g/mol. The fraction of sp³-hybridized carbons (Fsp3) is 0.300. The van der Waals surface area contributed by atoms with Crippen molar-refractivity contribution in [3.8, 4) is 0 Å². The normalized spacial score (nSPS) is 15.4. The quantitative estimate of drug-likeness (QED) is 0.498. The van der Waals surface area contributed by atoms with Gasteiger partial charge in [-0.25, -0.2) is 9.97 Å². The Morgan fingerprint density at radius 3 is 2.45 bits per heavy atom. The molecule has 1 aliphatic heterocycles. The first kappa shape index (κ1) is 20.8. The second kappa shape index (κ2) is 7.99. The fourth-order valence-corrected chi connectivity index (χ4v) is 3.71. The van der Waals surface area contributed by atoms with Crippen LogP contribution in [0.25, 0.3) is 10.9 Å². The highest BCUT2D eigenvalue weighted by Gasteiger charge is 2.37. The highest BCUT2D eigenvalue weighted by Crippen LogP contribution is 2.39. The Hall–Kier alpha value is -3.47. The van der Waals surface area contributed by atoms with Crippen LogP contribution >= 0.6 is 0 Å². The van der Waals surface area contributed by atoms with Gasteiger partial charge in [-0.05, 0) is 18.2 Å². The molecule has 0 unspecified atom stereocenters. The molecule has 162 valence electrons. The van der Waals surface area contributed by atoms with Crippen LogP contribution in [0.2, 0.25) is 0 Å². The maximum absolute atomic E-state index is 13.5. The van der Waals surface area contributed by atoms with Crippen molar-refractivity contribution in [3.05, 3.63) is 64.0 Å². The van der Waals surface area contributed by atoms with Crippen LogP contribution in [-0.4, -0.2) is 46.0 Å². The fourth-order valence-electron chi connectivity index (χ4n) is 3.71. The molecule has 0 bridgehead atoms. The second-order valence-electron chi connectivity index (χ2n) is 7.26. The van der Waals surface area contributed by atoms with Crippen LogP contribution < -0.4 is 10.6 Å². The van der Waals surface area contributed by atoms with Crippen molar-refractivity contribution in [2.24, 2.45) is 0 Å². The van der Waals surface area contributed by atoms with Crippen molar-refractivity contribution < 1.29 is 18.1 Å². The number of anilines is 2. The Kier molecular flexibility index (Phi) is 5.36. The summed E-state index contributed by atoms with van der Waals surface area (Å²) in [5, 5.41) is 11.7. The van der Waals surface area contributed by atoms with Gasteiger partial charge >= 0.3 is 6.18 Å². The molecule has 8 nitrogen and oxygen atoms in total. The van der Waals surface area contributed by atoms with E-state index >= 15 is 0 Å². The molecule has 1 aliphatic rings. The van der Waals surface area contributed by atoms with E-state index in [1.165, 1.54) is 6.07 Å². The summed E-state index contributed by atoms with van der Waals surface area (Å²) in [6.45, 7) is 2.08. The molecular weight excluding hydrogens is 413 g/mol. The van der Waals surface area contributed by atoms with Crippen molar-refractivity contribution in [3.63, 3.8) is 0 Å². The number of hydrogen-bond acceptors (Lipinski definition) is 7. The van der Waals surface area contributed by atoms with Gasteiger partial charge in [0.15, 0.2) is 0 Å². The molecule has 3 aromatic rings. The molecule has 0 spiro atoms. The van der Waals surface area contributed by atoms with Crippen LogP contribution in [0.5, 0.6) is 0 Å². The maximum Gasteiger partial charge on any atom is 0.418 e. The zero-order valence-corrected chi connectivity index (χ0v) is 16.3. The highest BCUT2D eigenvalue weighted by molar-refractivity contribution is 5.87. The molecule has 0 radical (unpaired) electrons. The van der Waals surface area contributed by atoms with E-state index in [4.69, 9.17) is 5.73 Å². The molecule has 0 atom stereocenters. The van der Waals surface area contributed by atoms with Gasteiger partial charge in [0.1, 0.15) is 11.6 Å². The smallest absolute Gasteiger partial charge is 0.383 e. The summed E-state index contributed by atoms with van der Waals surface area (Å²) in [5.41, 5.74) is 5.13. The van der Waals surface area contributed by atoms with Gasteiger partial charge in [-0.15, -0.1) is 0 Å². The molecule has 0 saturated carbocycles. The molecule has 1 saturated heterocycles. The number of alkyl halides is 3. The molecular formula is C20H19F3N6O2. The number of para-hydroxylation sites is 1.